The predicted molar refractivity (Wildman–Crippen MR) is 93.5 cm³/mol. The van der Waals surface area contributed by atoms with Crippen molar-refractivity contribution in [3.63, 3.8) is 0 Å². The molecular formula is C19H21N2O3+. The Kier molecular flexibility index (Phi) is 4.70. The molecule has 24 heavy (non-hydrogen) atoms. The molecule has 0 radical (unpaired) electrons. The summed E-state index contributed by atoms with van der Waals surface area (Å²) >= 11 is 0. The van der Waals surface area contributed by atoms with Gasteiger partial charge < -0.3 is 19.9 Å². The summed E-state index contributed by atoms with van der Waals surface area (Å²) < 4.78 is 16.4. The third-order valence-corrected chi connectivity index (χ3v) is 3.96. The number of ether oxygens (including phenoxy) is 3. The van der Waals surface area contributed by atoms with E-state index >= 15 is 0 Å². The molecule has 5 nitrogen and oxygen atoms in total. The van der Waals surface area contributed by atoms with E-state index in [1.54, 1.807) is 7.11 Å². The number of rotatable bonds is 5. The molecule has 0 spiro atoms. The maximum Gasteiger partial charge on any atom is 0.231 e. The molecule has 0 bridgehead atoms. The first kappa shape index (κ1) is 15.9. The van der Waals surface area contributed by atoms with Crippen LogP contribution < -0.4 is 24.9 Å². The molecule has 1 aliphatic rings. The van der Waals surface area contributed by atoms with E-state index in [1.807, 2.05) is 37.4 Å². The van der Waals surface area contributed by atoms with Gasteiger partial charge in [-0.3, -0.25) is 0 Å². The van der Waals surface area contributed by atoms with Crippen molar-refractivity contribution in [1.29, 1.82) is 0 Å². The zero-order valence-electron chi connectivity index (χ0n) is 13.8. The average molecular weight is 325 g/mol. The summed E-state index contributed by atoms with van der Waals surface area (Å²) in [7, 11) is 3.56. The molecule has 0 saturated heterocycles. The van der Waals surface area contributed by atoms with E-state index < -0.39 is 0 Å². The van der Waals surface area contributed by atoms with Crippen LogP contribution in [0.3, 0.4) is 0 Å². The van der Waals surface area contributed by atoms with Gasteiger partial charge in [-0.25, -0.2) is 4.99 Å². The summed E-state index contributed by atoms with van der Waals surface area (Å²) in [5.41, 5.74) is 9.73. The maximum absolute atomic E-state index is 5.52. The molecule has 0 amide bonds. The minimum atomic E-state index is 0.266. The van der Waals surface area contributed by atoms with Gasteiger partial charge in [0.2, 0.25) is 6.79 Å². The molecule has 0 saturated carbocycles. The Morgan fingerprint density at radius 1 is 1.21 bits per heavy atom. The summed E-state index contributed by atoms with van der Waals surface area (Å²) in [6.07, 6.45) is 4.16. The average Bonchev–Trinajstić information content (AvgIpc) is 3.09. The van der Waals surface area contributed by atoms with Crippen molar-refractivity contribution in [2.24, 2.45) is 5.73 Å². The van der Waals surface area contributed by atoms with Crippen molar-refractivity contribution in [2.75, 3.05) is 21.0 Å². The fourth-order valence-corrected chi connectivity index (χ4v) is 2.72. The summed E-state index contributed by atoms with van der Waals surface area (Å²) in [5.74, 6) is 2.35. The maximum atomic E-state index is 5.52. The first-order chi connectivity index (χ1) is 11.7. The van der Waals surface area contributed by atoms with E-state index in [2.05, 4.69) is 17.1 Å². The van der Waals surface area contributed by atoms with Gasteiger partial charge in [0.1, 0.15) is 12.8 Å². The van der Waals surface area contributed by atoms with Crippen LogP contribution in [-0.2, 0) is 6.42 Å². The van der Waals surface area contributed by atoms with Gasteiger partial charge in [-0.2, -0.15) is 0 Å². The molecule has 0 atom stereocenters. The number of fused-ring (bicyclic) bond motifs is 1. The molecule has 3 rings (SSSR count). The number of allylic oxidation sites excluding steroid dienone is 1. The van der Waals surface area contributed by atoms with E-state index in [4.69, 9.17) is 19.9 Å². The quantitative estimate of drug-likeness (QED) is 0.812. The molecular weight excluding hydrogens is 304 g/mol. The SMILES string of the molecule is C[NH+]=C(C=CN)Cc1ccc(OC)c(-c2ccc3c(c2)OCO3)c1. The van der Waals surface area contributed by atoms with Crippen LogP contribution in [0.1, 0.15) is 5.56 Å². The highest BCUT2D eigenvalue weighted by molar-refractivity contribution is 5.92. The lowest BCUT2D eigenvalue weighted by Crippen LogP contribution is -2.68. The molecule has 5 heteroatoms. The van der Waals surface area contributed by atoms with Crippen LogP contribution in [0.25, 0.3) is 11.1 Å². The summed E-state index contributed by atoms with van der Waals surface area (Å²) in [5, 5.41) is 0. The predicted octanol–water partition coefficient (Wildman–Crippen LogP) is 1.26. The normalized spacial score (nSPS) is 13.5. The topological polar surface area (TPSA) is 67.7 Å². The van der Waals surface area contributed by atoms with Crippen molar-refractivity contribution >= 4 is 5.71 Å². The fourth-order valence-electron chi connectivity index (χ4n) is 2.72. The molecule has 1 heterocycles. The van der Waals surface area contributed by atoms with Gasteiger partial charge in [-0.05, 0) is 35.4 Å². The summed E-state index contributed by atoms with van der Waals surface area (Å²) in [4.78, 5) is 3.16. The number of nitrogens with two attached hydrogens (primary N) is 1. The van der Waals surface area contributed by atoms with Gasteiger partial charge >= 0.3 is 0 Å². The Morgan fingerprint density at radius 3 is 2.79 bits per heavy atom. The van der Waals surface area contributed by atoms with Crippen LogP contribution in [0.4, 0.5) is 0 Å². The minimum Gasteiger partial charge on any atom is -0.496 e. The van der Waals surface area contributed by atoms with Gasteiger partial charge in [0.15, 0.2) is 17.2 Å². The smallest absolute Gasteiger partial charge is 0.231 e. The van der Waals surface area contributed by atoms with Gasteiger partial charge in [0, 0.05) is 17.8 Å². The molecule has 0 aromatic heterocycles. The highest BCUT2D eigenvalue weighted by atomic mass is 16.7. The van der Waals surface area contributed by atoms with Gasteiger partial charge in [0.05, 0.1) is 13.5 Å². The molecule has 124 valence electrons. The van der Waals surface area contributed by atoms with Crippen molar-refractivity contribution in [3.05, 3.63) is 54.2 Å². The highest BCUT2D eigenvalue weighted by Crippen LogP contribution is 2.39. The standard InChI is InChI=1S/C19H20N2O3/c1-21-15(7-8-20)9-13-3-5-17(22-2)16(10-13)14-4-6-18-19(11-14)24-12-23-18/h3-8,10-11H,9,12,20H2,1-2H3/p+1. The van der Waals surface area contributed by atoms with Crippen molar-refractivity contribution < 1.29 is 19.2 Å². The number of benzene rings is 2. The Labute approximate surface area is 141 Å². The first-order valence-corrected chi connectivity index (χ1v) is 7.74. The van der Waals surface area contributed by atoms with Crippen LogP contribution in [0, 0.1) is 0 Å². The lowest BCUT2D eigenvalue weighted by atomic mass is 9.99. The Balaban J connectivity index is 1.98. The molecule has 2 aromatic carbocycles. The van der Waals surface area contributed by atoms with Gasteiger partial charge in [-0.15, -0.1) is 0 Å². The van der Waals surface area contributed by atoms with Crippen LogP contribution in [0.15, 0.2) is 48.7 Å². The largest absolute Gasteiger partial charge is 0.496 e. The lowest BCUT2D eigenvalue weighted by Gasteiger charge is -2.11. The summed E-state index contributed by atoms with van der Waals surface area (Å²) in [6.45, 7) is 0.266. The van der Waals surface area contributed by atoms with E-state index in [0.29, 0.717) is 0 Å². The van der Waals surface area contributed by atoms with Crippen molar-refractivity contribution in [1.82, 2.24) is 0 Å². The number of hydrogen-bond donors (Lipinski definition) is 2. The van der Waals surface area contributed by atoms with Gasteiger partial charge in [0.25, 0.3) is 0 Å². The second-order valence-corrected chi connectivity index (χ2v) is 5.41. The molecule has 0 fully saturated rings. The molecule has 2 aromatic rings. The lowest BCUT2D eigenvalue weighted by molar-refractivity contribution is -0.420. The van der Waals surface area contributed by atoms with Crippen molar-refractivity contribution in [2.45, 2.75) is 6.42 Å². The highest BCUT2D eigenvalue weighted by Gasteiger charge is 2.16. The second kappa shape index (κ2) is 7.08. The Hall–Kier alpha value is -2.95. The zero-order chi connectivity index (χ0) is 16.9. The second-order valence-electron chi connectivity index (χ2n) is 5.41. The first-order valence-electron chi connectivity index (χ1n) is 7.74. The molecule has 0 unspecified atom stereocenters. The third-order valence-electron chi connectivity index (χ3n) is 3.96. The van der Waals surface area contributed by atoms with Crippen LogP contribution in [-0.4, -0.2) is 26.7 Å². The Bertz CT molecular complexity index is 797. The molecule has 1 aliphatic heterocycles. The fraction of sp³-hybridized carbons (Fsp3) is 0.211. The van der Waals surface area contributed by atoms with E-state index in [-0.39, 0.29) is 6.79 Å². The monoisotopic (exact) mass is 325 g/mol. The van der Waals surface area contributed by atoms with Crippen LogP contribution in [0.5, 0.6) is 17.2 Å². The number of methoxy groups -OCH3 is 1. The Morgan fingerprint density at radius 2 is 2.04 bits per heavy atom. The van der Waals surface area contributed by atoms with E-state index in [9.17, 15) is 0 Å². The molecule has 0 aliphatic carbocycles. The van der Waals surface area contributed by atoms with Crippen LogP contribution in [0.2, 0.25) is 0 Å². The van der Waals surface area contributed by atoms with Crippen molar-refractivity contribution in [3.8, 4) is 28.4 Å². The summed E-state index contributed by atoms with van der Waals surface area (Å²) in [6, 6.07) is 12.1. The number of hydrogen-bond acceptors (Lipinski definition) is 4. The zero-order valence-corrected chi connectivity index (χ0v) is 13.8. The van der Waals surface area contributed by atoms with E-state index in [0.717, 1.165) is 46.1 Å². The van der Waals surface area contributed by atoms with Gasteiger partial charge in [-0.1, -0.05) is 12.1 Å². The molecule has 3 N–H and O–H groups in total. The minimum absolute atomic E-state index is 0.266. The third kappa shape index (κ3) is 3.20. The van der Waals surface area contributed by atoms with Crippen LogP contribution >= 0.6 is 0 Å². The number of nitrogens with one attached hydrogen (secondary N) is 1. The van der Waals surface area contributed by atoms with E-state index in [1.165, 1.54) is 6.20 Å².